The third-order valence-electron chi connectivity index (χ3n) is 3.24. The van der Waals surface area contributed by atoms with Crippen molar-refractivity contribution in [3.05, 3.63) is 0 Å². The van der Waals surface area contributed by atoms with E-state index >= 15 is 0 Å². The van der Waals surface area contributed by atoms with Crippen molar-refractivity contribution in [3.63, 3.8) is 0 Å². The number of methoxy groups -OCH3 is 1. The molecule has 0 aromatic rings. The number of rotatable bonds is 9. The highest BCUT2D eigenvalue weighted by molar-refractivity contribution is 14.0. The molecule has 0 heterocycles. The van der Waals surface area contributed by atoms with Crippen LogP contribution < -0.4 is 10.6 Å². The molecule has 0 atom stereocenters. The van der Waals surface area contributed by atoms with Crippen molar-refractivity contribution in [2.75, 3.05) is 46.9 Å². The Hall–Kier alpha value is -0.0800. The van der Waals surface area contributed by atoms with Crippen LogP contribution in [0.25, 0.3) is 0 Å². The summed E-state index contributed by atoms with van der Waals surface area (Å²) >= 11 is 0. The molecule has 5 nitrogen and oxygen atoms in total. The van der Waals surface area contributed by atoms with Crippen LogP contribution in [0, 0.1) is 5.92 Å². The maximum atomic E-state index is 5.17. The van der Waals surface area contributed by atoms with Gasteiger partial charge in [0.2, 0.25) is 0 Å². The number of hydrogen-bond acceptors (Lipinski definition) is 3. The molecule has 0 unspecified atom stereocenters. The number of hydrogen-bond donors (Lipinski definition) is 2. The lowest BCUT2D eigenvalue weighted by Gasteiger charge is -2.22. The van der Waals surface area contributed by atoms with Gasteiger partial charge in [0, 0.05) is 46.4 Å². The van der Waals surface area contributed by atoms with E-state index in [2.05, 4.69) is 34.4 Å². The zero-order valence-electron chi connectivity index (χ0n) is 13.3. The predicted octanol–water partition coefficient (Wildman–Crippen LogP) is 1.54. The molecule has 6 heteroatoms. The molecule has 1 saturated carbocycles. The molecule has 0 aromatic heterocycles. The second-order valence-electron chi connectivity index (χ2n) is 5.53. The summed E-state index contributed by atoms with van der Waals surface area (Å²) in [4.78, 5) is 6.74. The standard InChI is InChI=1S/C14H30N4O.HI/c1-12(2)11-17-14(15-3)16-7-8-18(9-10-19-4)13-5-6-13;/h12-13H,5-11H2,1-4H3,(H2,15,16,17);1H. The van der Waals surface area contributed by atoms with Gasteiger partial charge in [-0.05, 0) is 18.8 Å². The molecule has 0 bridgehead atoms. The molecule has 20 heavy (non-hydrogen) atoms. The molecule has 0 spiro atoms. The highest BCUT2D eigenvalue weighted by atomic mass is 127. The van der Waals surface area contributed by atoms with E-state index < -0.39 is 0 Å². The van der Waals surface area contributed by atoms with Crippen LogP contribution in [0.1, 0.15) is 26.7 Å². The number of aliphatic imine (C=N–C) groups is 1. The van der Waals surface area contributed by atoms with Crippen LogP contribution in [0.4, 0.5) is 0 Å². The lowest BCUT2D eigenvalue weighted by atomic mass is 10.2. The van der Waals surface area contributed by atoms with Crippen LogP contribution in [0.2, 0.25) is 0 Å². The van der Waals surface area contributed by atoms with E-state index in [9.17, 15) is 0 Å². The predicted molar refractivity (Wildman–Crippen MR) is 96.1 cm³/mol. The van der Waals surface area contributed by atoms with Crippen LogP contribution in [-0.4, -0.2) is 63.8 Å². The minimum Gasteiger partial charge on any atom is -0.383 e. The van der Waals surface area contributed by atoms with E-state index in [1.165, 1.54) is 12.8 Å². The number of nitrogens with one attached hydrogen (secondary N) is 2. The molecular weight excluding hydrogens is 367 g/mol. The van der Waals surface area contributed by atoms with Crippen LogP contribution in [0.5, 0.6) is 0 Å². The van der Waals surface area contributed by atoms with Gasteiger partial charge in [-0.15, -0.1) is 24.0 Å². The average molecular weight is 398 g/mol. The Kier molecular flexibility index (Phi) is 11.5. The molecule has 1 aliphatic rings. The van der Waals surface area contributed by atoms with Gasteiger partial charge in [0.1, 0.15) is 0 Å². The van der Waals surface area contributed by atoms with Crippen molar-refractivity contribution >= 4 is 29.9 Å². The summed E-state index contributed by atoms with van der Waals surface area (Å²) < 4.78 is 5.17. The molecule has 0 aromatic carbocycles. The lowest BCUT2D eigenvalue weighted by molar-refractivity contribution is 0.144. The van der Waals surface area contributed by atoms with E-state index in [0.29, 0.717) is 5.92 Å². The van der Waals surface area contributed by atoms with E-state index in [1.807, 2.05) is 7.05 Å². The normalized spacial score (nSPS) is 15.4. The highest BCUT2D eigenvalue weighted by Crippen LogP contribution is 2.25. The van der Waals surface area contributed by atoms with Gasteiger partial charge < -0.3 is 15.4 Å². The summed E-state index contributed by atoms with van der Waals surface area (Å²) in [6.45, 7) is 9.17. The van der Waals surface area contributed by atoms with Gasteiger partial charge in [0.25, 0.3) is 0 Å². The highest BCUT2D eigenvalue weighted by Gasteiger charge is 2.28. The summed E-state index contributed by atoms with van der Waals surface area (Å²) in [6, 6.07) is 0.780. The zero-order chi connectivity index (χ0) is 14.1. The molecule has 0 aliphatic heterocycles. The van der Waals surface area contributed by atoms with Gasteiger partial charge in [-0.2, -0.15) is 0 Å². The third-order valence-corrected chi connectivity index (χ3v) is 3.24. The maximum Gasteiger partial charge on any atom is 0.191 e. The Morgan fingerprint density at radius 2 is 2.00 bits per heavy atom. The van der Waals surface area contributed by atoms with Gasteiger partial charge in [0.15, 0.2) is 5.96 Å². The summed E-state index contributed by atoms with van der Waals surface area (Å²) in [6.07, 6.45) is 2.67. The first-order valence-corrected chi connectivity index (χ1v) is 7.34. The number of guanidine groups is 1. The second-order valence-corrected chi connectivity index (χ2v) is 5.53. The van der Waals surface area contributed by atoms with Crippen molar-refractivity contribution in [3.8, 4) is 0 Å². The van der Waals surface area contributed by atoms with E-state index in [-0.39, 0.29) is 24.0 Å². The van der Waals surface area contributed by atoms with E-state index in [1.54, 1.807) is 7.11 Å². The molecule has 1 fully saturated rings. The van der Waals surface area contributed by atoms with Gasteiger partial charge in [-0.1, -0.05) is 13.8 Å². The lowest BCUT2D eigenvalue weighted by Crippen LogP contribution is -2.43. The molecule has 1 rings (SSSR count). The SMILES string of the molecule is CN=C(NCCN(CCOC)C1CC1)NCC(C)C.I. The summed E-state index contributed by atoms with van der Waals surface area (Å²) in [5.41, 5.74) is 0. The zero-order valence-corrected chi connectivity index (χ0v) is 15.6. The smallest absolute Gasteiger partial charge is 0.191 e. The minimum atomic E-state index is 0. The van der Waals surface area contributed by atoms with E-state index in [4.69, 9.17) is 4.74 Å². The first-order valence-electron chi connectivity index (χ1n) is 7.34. The number of nitrogens with zero attached hydrogens (tertiary/aromatic N) is 2. The second kappa shape index (κ2) is 11.6. The van der Waals surface area contributed by atoms with Crippen LogP contribution >= 0.6 is 24.0 Å². The Morgan fingerprint density at radius 1 is 1.30 bits per heavy atom. The summed E-state index contributed by atoms with van der Waals surface area (Å²) in [5, 5.41) is 6.70. The molecule has 1 aliphatic carbocycles. The van der Waals surface area contributed by atoms with Crippen molar-refractivity contribution in [1.29, 1.82) is 0 Å². The van der Waals surface area contributed by atoms with Crippen molar-refractivity contribution in [1.82, 2.24) is 15.5 Å². The summed E-state index contributed by atoms with van der Waals surface area (Å²) in [7, 11) is 3.58. The van der Waals surface area contributed by atoms with Crippen molar-refractivity contribution in [2.24, 2.45) is 10.9 Å². The molecule has 0 saturated heterocycles. The van der Waals surface area contributed by atoms with Crippen molar-refractivity contribution in [2.45, 2.75) is 32.7 Å². The van der Waals surface area contributed by atoms with Crippen LogP contribution in [-0.2, 0) is 4.74 Å². The van der Waals surface area contributed by atoms with Crippen LogP contribution in [0.15, 0.2) is 4.99 Å². The van der Waals surface area contributed by atoms with Gasteiger partial charge in [0.05, 0.1) is 6.61 Å². The average Bonchev–Trinajstić information content (AvgIpc) is 3.21. The Bertz CT molecular complexity index is 270. The van der Waals surface area contributed by atoms with Gasteiger partial charge in [-0.3, -0.25) is 9.89 Å². The fraction of sp³-hybridized carbons (Fsp3) is 0.929. The maximum absolute atomic E-state index is 5.17. The largest absolute Gasteiger partial charge is 0.383 e. The first-order chi connectivity index (χ1) is 9.17. The van der Waals surface area contributed by atoms with Crippen LogP contribution in [0.3, 0.4) is 0 Å². The topological polar surface area (TPSA) is 48.9 Å². The number of halogens is 1. The van der Waals surface area contributed by atoms with Crippen molar-refractivity contribution < 1.29 is 4.74 Å². The first kappa shape index (κ1) is 19.9. The Balaban J connectivity index is 0.00000361. The summed E-state index contributed by atoms with van der Waals surface area (Å²) in [5.74, 6) is 1.53. The Labute approximate surface area is 140 Å². The minimum absolute atomic E-state index is 0. The monoisotopic (exact) mass is 398 g/mol. The molecule has 2 N–H and O–H groups in total. The number of ether oxygens (including phenoxy) is 1. The Morgan fingerprint density at radius 3 is 2.50 bits per heavy atom. The molecule has 0 radical (unpaired) electrons. The fourth-order valence-corrected chi connectivity index (χ4v) is 1.96. The molecule has 120 valence electrons. The van der Waals surface area contributed by atoms with Gasteiger partial charge in [-0.25, -0.2) is 0 Å². The quantitative estimate of drug-likeness (QED) is 0.352. The van der Waals surface area contributed by atoms with Gasteiger partial charge >= 0.3 is 0 Å². The molecule has 0 amide bonds. The van der Waals surface area contributed by atoms with E-state index in [0.717, 1.165) is 44.8 Å². The molecular formula is C14H31IN4O. The third kappa shape index (κ3) is 8.97. The fourth-order valence-electron chi connectivity index (χ4n) is 1.96.